The highest BCUT2D eigenvalue weighted by Gasteiger charge is 2.33. The largest absolute Gasteiger partial charge is 0.311 e. The van der Waals surface area contributed by atoms with Crippen LogP contribution >= 0.6 is 0 Å². The molecule has 3 rings (SSSR count). The van der Waals surface area contributed by atoms with E-state index in [1.165, 1.54) is 0 Å². The van der Waals surface area contributed by atoms with Crippen LogP contribution in [0.15, 0.2) is 60.2 Å². The van der Waals surface area contributed by atoms with Crippen LogP contribution in [-0.4, -0.2) is 18.7 Å². The summed E-state index contributed by atoms with van der Waals surface area (Å²) in [6.45, 7) is 1.82. The lowest BCUT2D eigenvalue weighted by atomic mass is 9.90. The average molecular weight is 277 g/mol. The molecular weight excluding hydrogens is 262 g/mol. The fourth-order valence-corrected chi connectivity index (χ4v) is 2.63. The number of benzene rings is 2. The van der Waals surface area contributed by atoms with Crippen molar-refractivity contribution < 1.29 is 9.59 Å². The van der Waals surface area contributed by atoms with Crippen molar-refractivity contribution in [2.24, 2.45) is 0 Å². The predicted octanol–water partition coefficient (Wildman–Crippen LogP) is 3.32. The molecule has 1 aliphatic rings. The van der Waals surface area contributed by atoms with Crippen molar-refractivity contribution in [3.63, 3.8) is 0 Å². The lowest BCUT2D eigenvalue weighted by molar-refractivity contribution is -0.114. The number of nitrogens with zero attached hydrogens (tertiary/aromatic N) is 1. The summed E-state index contributed by atoms with van der Waals surface area (Å²) in [6, 6.07) is 16.7. The molecule has 1 amide bonds. The fraction of sp³-hybridized carbons (Fsp3) is 0.111. The van der Waals surface area contributed by atoms with Crippen LogP contribution in [0.3, 0.4) is 0 Å². The van der Waals surface area contributed by atoms with Crippen LogP contribution in [-0.2, 0) is 4.79 Å². The maximum Gasteiger partial charge on any atom is 0.262 e. The molecule has 2 aromatic rings. The molecule has 3 heteroatoms. The topological polar surface area (TPSA) is 37.4 Å². The summed E-state index contributed by atoms with van der Waals surface area (Å²) < 4.78 is 0. The third-order valence-corrected chi connectivity index (χ3v) is 3.84. The minimum absolute atomic E-state index is 0.199. The number of allylic oxidation sites excluding steroid dienone is 1. The van der Waals surface area contributed by atoms with Gasteiger partial charge in [0.05, 0.1) is 11.3 Å². The summed E-state index contributed by atoms with van der Waals surface area (Å²) in [7, 11) is 1.70. The third kappa shape index (κ3) is 2.07. The number of carbonyl (C=O) groups is 2. The lowest BCUT2D eigenvalue weighted by Gasteiger charge is -2.27. The summed E-state index contributed by atoms with van der Waals surface area (Å²) in [4.78, 5) is 26.8. The van der Waals surface area contributed by atoms with Crippen molar-refractivity contribution in [3.05, 3.63) is 71.3 Å². The van der Waals surface area contributed by atoms with Gasteiger partial charge in [-0.2, -0.15) is 0 Å². The van der Waals surface area contributed by atoms with Gasteiger partial charge in [-0.25, -0.2) is 0 Å². The van der Waals surface area contributed by atoms with Crippen LogP contribution < -0.4 is 4.90 Å². The normalized spacial score (nSPS) is 16.8. The van der Waals surface area contributed by atoms with E-state index in [2.05, 4.69) is 0 Å². The molecule has 104 valence electrons. The molecule has 3 nitrogen and oxygen atoms in total. The average Bonchev–Trinajstić information content (AvgIpc) is 2.53. The van der Waals surface area contributed by atoms with E-state index >= 15 is 0 Å². The van der Waals surface area contributed by atoms with E-state index in [1.54, 1.807) is 24.1 Å². The molecular formula is C18H15NO2. The van der Waals surface area contributed by atoms with Crippen LogP contribution in [0.5, 0.6) is 0 Å². The Bertz CT molecular complexity index is 760. The monoisotopic (exact) mass is 277 g/mol. The highest BCUT2D eigenvalue weighted by atomic mass is 16.2. The summed E-state index contributed by atoms with van der Waals surface area (Å²) in [5, 5.41) is 0. The Morgan fingerprint density at radius 3 is 2.24 bits per heavy atom. The van der Waals surface area contributed by atoms with Gasteiger partial charge in [-0.3, -0.25) is 9.59 Å². The molecule has 0 bridgehead atoms. The Kier molecular flexibility index (Phi) is 3.18. The van der Waals surface area contributed by atoms with Crippen molar-refractivity contribution in [2.45, 2.75) is 6.92 Å². The van der Waals surface area contributed by atoms with Crippen molar-refractivity contribution in [2.75, 3.05) is 11.9 Å². The van der Waals surface area contributed by atoms with Crippen LogP contribution in [0.4, 0.5) is 5.69 Å². The van der Waals surface area contributed by atoms with E-state index in [0.29, 0.717) is 16.8 Å². The zero-order valence-electron chi connectivity index (χ0n) is 12.0. The van der Waals surface area contributed by atoms with E-state index < -0.39 is 0 Å². The third-order valence-electron chi connectivity index (χ3n) is 3.84. The lowest BCUT2D eigenvalue weighted by Crippen LogP contribution is -2.37. The van der Waals surface area contributed by atoms with Crippen molar-refractivity contribution in [3.8, 4) is 0 Å². The second-order valence-corrected chi connectivity index (χ2v) is 5.08. The van der Waals surface area contributed by atoms with Gasteiger partial charge in [0.15, 0.2) is 0 Å². The van der Waals surface area contributed by atoms with Crippen molar-refractivity contribution >= 4 is 23.0 Å². The molecule has 0 atom stereocenters. The van der Waals surface area contributed by atoms with Gasteiger partial charge in [0, 0.05) is 12.6 Å². The number of Topliss-reactive ketones (excluding diaryl/α,β-unsaturated/α-hetero) is 1. The summed E-state index contributed by atoms with van der Waals surface area (Å²) >= 11 is 0. The van der Waals surface area contributed by atoms with E-state index in [9.17, 15) is 9.59 Å². The van der Waals surface area contributed by atoms with E-state index in [1.807, 2.05) is 49.4 Å². The first-order valence-corrected chi connectivity index (χ1v) is 6.79. The molecule has 21 heavy (non-hydrogen) atoms. The first-order valence-electron chi connectivity index (χ1n) is 6.79. The maximum absolute atomic E-state index is 12.7. The smallest absolute Gasteiger partial charge is 0.262 e. The summed E-state index contributed by atoms with van der Waals surface area (Å²) in [5.74, 6) is -0.449. The Morgan fingerprint density at radius 2 is 1.52 bits per heavy atom. The Hall–Kier alpha value is -2.68. The molecule has 2 aromatic carbocycles. The standard InChI is InChI=1S/C18H15NO2/c1-12(13-8-4-3-5-9-13)16-17(20)14-10-6-7-11-15(14)19(2)18(16)21/h3-11H,1-2H3/b16-12-. The number of rotatable bonds is 1. The molecule has 0 radical (unpaired) electrons. The molecule has 0 saturated carbocycles. The van der Waals surface area contributed by atoms with Crippen LogP contribution in [0, 0.1) is 0 Å². The van der Waals surface area contributed by atoms with Gasteiger partial charge in [-0.05, 0) is 30.2 Å². The number of para-hydroxylation sites is 1. The number of amides is 1. The second kappa shape index (κ2) is 5.02. The number of carbonyl (C=O) groups excluding carboxylic acids is 2. The van der Waals surface area contributed by atoms with Gasteiger partial charge in [0.2, 0.25) is 5.78 Å². The molecule has 1 heterocycles. The van der Waals surface area contributed by atoms with Gasteiger partial charge in [0.25, 0.3) is 5.91 Å². The molecule has 0 aromatic heterocycles. The molecule has 1 aliphatic heterocycles. The van der Waals surface area contributed by atoms with Gasteiger partial charge in [0.1, 0.15) is 0 Å². The zero-order valence-corrected chi connectivity index (χ0v) is 12.0. The molecule has 0 fully saturated rings. The van der Waals surface area contributed by atoms with Gasteiger partial charge in [-0.15, -0.1) is 0 Å². The summed E-state index contributed by atoms with van der Waals surface area (Å²) in [5.41, 5.74) is 3.10. The Balaban J connectivity index is 2.21. The number of fused-ring (bicyclic) bond motifs is 1. The molecule has 0 aliphatic carbocycles. The predicted molar refractivity (Wildman–Crippen MR) is 83.2 cm³/mol. The van der Waals surface area contributed by atoms with Crippen molar-refractivity contribution in [1.82, 2.24) is 0 Å². The highest BCUT2D eigenvalue weighted by Crippen LogP contribution is 2.32. The van der Waals surface area contributed by atoms with Crippen LogP contribution in [0.2, 0.25) is 0 Å². The summed E-state index contributed by atoms with van der Waals surface area (Å²) in [6.07, 6.45) is 0. The number of hydrogen-bond donors (Lipinski definition) is 0. The Morgan fingerprint density at radius 1 is 0.905 bits per heavy atom. The van der Waals surface area contributed by atoms with E-state index in [-0.39, 0.29) is 17.3 Å². The first-order chi connectivity index (χ1) is 10.1. The fourth-order valence-electron chi connectivity index (χ4n) is 2.63. The number of ketones is 1. The van der Waals surface area contributed by atoms with E-state index in [0.717, 1.165) is 5.56 Å². The number of anilines is 1. The molecule has 0 N–H and O–H groups in total. The SMILES string of the molecule is C/C(=C1\C(=O)c2ccccc2N(C)C1=O)c1ccccc1. The van der Waals surface area contributed by atoms with Crippen molar-refractivity contribution in [1.29, 1.82) is 0 Å². The van der Waals surface area contributed by atoms with Gasteiger partial charge >= 0.3 is 0 Å². The zero-order chi connectivity index (χ0) is 15.0. The second-order valence-electron chi connectivity index (χ2n) is 5.08. The Labute approximate surface area is 123 Å². The quantitative estimate of drug-likeness (QED) is 0.592. The number of likely N-dealkylation sites (N-methyl/N-ethyl adjacent to an activating group) is 1. The maximum atomic E-state index is 12.7. The minimum atomic E-state index is -0.250. The number of hydrogen-bond acceptors (Lipinski definition) is 2. The minimum Gasteiger partial charge on any atom is -0.311 e. The highest BCUT2D eigenvalue weighted by molar-refractivity contribution is 6.37. The van der Waals surface area contributed by atoms with Gasteiger partial charge in [-0.1, -0.05) is 42.5 Å². The van der Waals surface area contributed by atoms with Gasteiger partial charge < -0.3 is 4.90 Å². The van der Waals surface area contributed by atoms with Crippen LogP contribution in [0.1, 0.15) is 22.8 Å². The molecule has 0 saturated heterocycles. The van der Waals surface area contributed by atoms with Crippen LogP contribution in [0.25, 0.3) is 5.57 Å². The van der Waals surface area contributed by atoms with E-state index in [4.69, 9.17) is 0 Å². The molecule has 0 spiro atoms. The first kappa shape index (κ1) is 13.3. The molecule has 0 unspecified atom stereocenters.